The molecule has 1 aromatic rings. The minimum Gasteiger partial charge on any atom is -0.497 e. The summed E-state index contributed by atoms with van der Waals surface area (Å²) < 4.78 is 9.81. The molecule has 3 rings (SSSR count). The predicted octanol–water partition coefficient (Wildman–Crippen LogP) is 1.60. The lowest BCUT2D eigenvalue weighted by molar-refractivity contribution is -0.142. The van der Waals surface area contributed by atoms with E-state index in [0.29, 0.717) is 18.6 Å². The normalized spacial score (nSPS) is 21.6. The topological polar surface area (TPSA) is 102 Å². The van der Waals surface area contributed by atoms with Crippen LogP contribution in [0.25, 0.3) is 0 Å². The number of nitrogens with zero attached hydrogens (tertiary/aromatic N) is 1. The first-order valence-electron chi connectivity index (χ1n) is 8.87. The molecular formula is C19H22N2O6. The highest BCUT2D eigenvalue weighted by Gasteiger charge is 2.48. The highest BCUT2D eigenvalue weighted by Crippen LogP contribution is 2.37. The van der Waals surface area contributed by atoms with E-state index in [4.69, 9.17) is 9.47 Å². The molecular weight excluding hydrogens is 352 g/mol. The van der Waals surface area contributed by atoms with Crippen LogP contribution in [-0.4, -0.2) is 49.4 Å². The zero-order valence-corrected chi connectivity index (χ0v) is 15.3. The van der Waals surface area contributed by atoms with Crippen molar-refractivity contribution >= 4 is 29.4 Å². The van der Waals surface area contributed by atoms with Gasteiger partial charge in [-0.2, -0.15) is 0 Å². The molecule has 0 bridgehead atoms. The summed E-state index contributed by atoms with van der Waals surface area (Å²) >= 11 is 0. The van der Waals surface area contributed by atoms with E-state index < -0.39 is 11.9 Å². The quantitative estimate of drug-likeness (QED) is 0.620. The number of anilines is 1. The van der Waals surface area contributed by atoms with Crippen LogP contribution in [-0.2, 0) is 19.1 Å². The van der Waals surface area contributed by atoms with Crippen LogP contribution in [0.4, 0.5) is 5.69 Å². The van der Waals surface area contributed by atoms with E-state index in [-0.39, 0.29) is 41.4 Å². The molecule has 8 nitrogen and oxygen atoms in total. The molecule has 1 aliphatic carbocycles. The fourth-order valence-corrected chi connectivity index (χ4v) is 3.76. The highest BCUT2D eigenvalue weighted by molar-refractivity contribution is 6.09. The molecule has 27 heavy (non-hydrogen) atoms. The van der Waals surface area contributed by atoms with Gasteiger partial charge in [0.05, 0.1) is 37.3 Å². The van der Waals surface area contributed by atoms with E-state index >= 15 is 0 Å². The lowest BCUT2D eigenvalue weighted by atomic mass is 9.81. The smallest absolute Gasteiger partial charge is 0.340 e. The van der Waals surface area contributed by atoms with Gasteiger partial charge in [-0.3, -0.25) is 19.3 Å². The molecule has 0 aromatic heterocycles. The highest BCUT2D eigenvalue weighted by atomic mass is 16.5. The molecule has 1 aromatic carbocycles. The summed E-state index contributed by atoms with van der Waals surface area (Å²) in [4.78, 5) is 50.4. The Hall–Kier alpha value is -2.90. The van der Waals surface area contributed by atoms with Crippen molar-refractivity contribution in [1.29, 1.82) is 0 Å². The number of benzene rings is 1. The number of fused-ring (bicyclic) bond motifs is 1. The average Bonchev–Trinajstić information content (AvgIpc) is 2.93. The maximum Gasteiger partial charge on any atom is 0.340 e. The van der Waals surface area contributed by atoms with E-state index in [0.717, 1.165) is 17.7 Å². The molecule has 144 valence electrons. The number of amides is 3. The Labute approximate surface area is 156 Å². The van der Waals surface area contributed by atoms with Gasteiger partial charge in [0, 0.05) is 0 Å². The van der Waals surface area contributed by atoms with Gasteiger partial charge in [0.1, 0.15) is 12.3 Å². The Morgan fingerprint density at radius 3 is 2.30 bits per heavy atom. The zero-order valence-electron chi connectivity index (χ0n) is 15.3. The van der Waals surface area contributed by atoms with Crippen LogP contribution in [0, 0.1) is 11.8 Å². The van der Waals surface area contributed by atoms with Gasteiger partial charge in [-0.1, -0.05) is 12.8 Å². The van der Waals surface area contributed by atoms with Crippen LogP contribution in [0.15, 0.2) is 18.2 Å². The van der Waals surface area contributed by atoms with Crippen LogP contribution >= 0.6 is 0 Å². The lowest BCUT2D eigenvalue weighted by Crippen LogP contribution is -2.38. The average molecular weight is 374 g/mol. The first-order chi connectivity index (χ1) is 13.0. The maximum absolute atomic E-state index is 12.5. The number of likely N-dealkylation sites (tertiary alicyclic amines) is 1. The number of nitrogens with one attached hydrogen (secondary N) is 1. The molecule has 0 unspecified atom stereocenters. The van der Waals surface area contributed by atoms with Gasteiger partial charge in [0.2, 0.25) is 17.7 Å². The third kappa shape index (κ3) is 3.65. The molecule has 3 amide bonds. The Bertz CT molecular complexity index is 766. The Morgan fingerprint density at radius 1 is 1.11 bits per heavy atom. The van der Waals surface area contributed by atoms with Gasteiger partial charge in [-0.05, 0) is 31.0 Å². The van der Waals surface area contributed by atoms with Gasteiger partial charge in [0.25, 0.3) is 0 Å². The summed E-state index contributed by atoms with van der Waals surface area (Å²) in [6.07, 6.45) is 3.24. The standard InChI is InChI=1S/C19H22N2O6/c1-26-11-7-8-15(14(9-11)19(25)27-2)20-16(22)10-21-17(23)12-5-3-4-6-13(12)18(21)24/h7-9,12-13H,3-6,10H2,1-2H3,(H,20,22)/t12-,13+. The molecule has 0 spiro atoms. The van der Waals surface area contributed by atoms with Gasteiger partial charge >= 0.3 is 5.97 Å². The fraction of sp³-hybridized carbons (Fsp3) is 0.474. The van der Waals surface area contributed by atoms with Crippen LogP contribution in [0.3, 0.4) is 0 Å². The number of carbonyl (C=O) groups is 4. The Kier molecular flexibility index (Phi) is 5.43. The van der Waals surface area contributed by atoms with Crippen molar-refractivity contribution in [2.45, 2.75) is 25.7 Å². The van der Waals surface area contributed by atoms with Crippen molar-refractivity contribution in [3.63, 3.8) is 0 Å². The largest absolute Gasteiger partial charge is 0.497 e. The van der Waals surface area contributed by atoms with Crippen LogP contribution in [0.5, 0.6) is 5.75 Å². The molecule has 2 fully saturated rings. The number of imide groups is 1. The third-order valence-electron chi connectivity index (χ3n) is 5.14. The van der Waals surface area contributed by atoms with Crippen LogP contribution in [0.2, 0.25) is 0 Å². The minimum atomic E-state index is -0.636. The van der Waals surface area contributed by atoms with Gasteiger partial charge < -0.3 is 14.8 Å². The minimum absolute atomic E-state index is 0.123. The van der Waals surface area contributed by atoms with Crippen molar-refractivity contribution in [2.75, 3.05) is 26.1 Å². The van der Waals surface area contributed by atoms with Crippen molar-refractivity contribution in [3.8, 4) is 5.75 Å². The zero-order chi connectivity index (χ0) is 19.6. The number of methoxy groups -OCH3 is 2. The second-order valence-corrected chi connectivity index (χ2v) is 6.71. The first kappa shape index (κ1) is 18.9. The van der Waals surface area contributed by atoms with E-state index in [1.54, 1.807) is 6.07 Å². The number of ether oxygens (including phenoxy) is 2. The number of hydrogen-bond acceptors (Lipinski definition) is 6. The number of hydrogen-bond donors (Lipinski definition) is 1. The van der Waals surface area contributed by atoms with E-state index in [1.165, 1.54) is 26.4 Å². The van der Waals surface area contributed by atoms with Crippen molar-refractivity contribution < 1.29 is 28.7 Å². The van der Waals surface area contributed by atoms with Gasteiger partial charge in [0.15, 0.2) is 0 Å². The molecule has 1 aliphatic heterocycles. The predicted molar refractivity (Wildman–Crippen MR) is 95.1 cm³/mol. The Morgan fingerprint density at radius 2 is 1.74 bits per heavy atom. The summed E-state index contributed by atoms with van der Waals surface area (Å²) in [5.74, 6) is -1.90. The molecule has 2 atom stereocenters. The summed E-state index contributed by atoms with van der Waals surface area (Å²) in [5.41, 5.74) is 0.349. The molecule has 2 aliphatic rings. The molecule has 1 N–H and O–H groups in total. The molecule has 0 radical (unpaired) electrons. The Balaban J connectivity index is 1.73. The van der Waals surface area contributed by atoms with E-state index in [9.17, 15) is 19.2 Å². The summed E-state index contributed by atoms with van der Waals surface area (Å²) in [5, 5.41) is 2.58. The third-order valence-corrected chi connectivity index (χ3v) is 5.14. The second kappa shape index (κ2) is 7.77. The van der Waals surface area contributed by atoms with Crippen molar-refractivity contribution in [3.05, 3.63) is 23.8 Å². The van der Waals surface area contributed by atoms with E-state index in [1.807, 2.05) is 0 Å². The van der Waals surface area contributed by atoms with Gasteiger partial charge in [-0.25, -0.2) is 4.79 Å². The molecule has 1 saturated carbocycles. The number of esters is 1. The van der Waals surface area contributed by atoms with Crippen molar-refractivity contribution in [2.24, 2.45) is 11.8 Å². The van der Waals surface area contributed by atoms with Crippen LogP contribution < -0.4 is 10.1 Å². The molecule has 1 saturated heterocycles. The molecule has 8 heteroatoms. The van der Waals surface area contributed by atoms with Crippen molar-refractivity contribution in [1.82, 2.24) is 4.90 Å². The summed E-state index contributed by atoms with van der Waals surface area (Å²) in [7, 11) is 2.69. The number of carbonyl (C=O) groups excluding carboxylic acids is 4. The summed E-state index contributed by atoms with van der Waals surface area (Å²) in [6, 6.07) is 4.54. The van der Waals surface area contributed by atoms with Crippen LogP contribution in [0.1, 0.15) is 36.0 Å². The SMILES string of the molecule is COC(=O)c1cc(OC)ccc1NC(=O)CN1C(=O)[C@H]2CCCC[C@H]2C1=O. The lowest BCUT2D eigenvalue weighted by Gasteiger charge is -2.19. The summed E-state index contributed by atoms with van der Waals surface area (Å²) in [6.45, 7) is -0.364. The second-order valence-electron chi connectivity index (χ2n) is 6.71. The van der Waals surface area contributed by atoms with Gasteiger partial charge in [-0.15, -0.1) is 0 Å². The maximum atomic E-state index is 12.5. The monoisotopic (exact) mass is 374 g/mol. The molecule has 1 heterocycles. The van der Waals surface area contributed by atoms with E-state index in [2.05, 4.69) is 5.32 Å². The fourth-order valence-electron chi connectivity index (χ4n) is 3.76. The first-order valence-corrected chi connectivity index (χ1v) is 8.87. The number of rotatable bonds is 5.